The third-order valence-corrected chi connectivity index (χ3v) is 8.07. The molecule has 3 aromatic rings. The average molecular weight is 581 g/mol. The Morgan fingerprint density at radius 3 is 2.34 bits per heavy atom. The van der Waals surface area contributed by atoms with Crippen molar-refractivity contribution in [3.63, 3.8) is 0 Å². The van der Waals surface area contributed by atoms with Crippen LogP contribution in [0.5, 0.6) is 0 Å². The molecule has 0 aliphatic carbocycles. The molecule has 0 fully saturated rings. The molecule has 1 atom stereocenters. The number of rotatable bonds is 11. The summed E-state index contributed by atoms with van der Waals surface area (Å²) in [5, 5.41) is 2.92. The molecule has 0 radical (unpaired) electrons. The molecule has 202 valence electrons. The molecule has 7 nitrogen and oxygen atoms in total. The van der Waals surface area contributed by atoms with Gasteiger partial charge in [0.25, 0.3) is 10.0 Å². The molecule has 0 bridgehead atoms. The van der Waals surface area contributed by atoms with Crippen LogP contribution >= 0.6 is 23.2 Å². The van der Waals surface area contributed by atoms with Crippen molar-refractivity contribution in [3.8, 4) is 0 Å². The number of carbonyl (C=O) groups excluding carboxylic acids is 2. The van der Waals surface area contributed by atoms with E-state index >= 15 is 0 Å². The maximum absolute atomic E-state index is 13.9. The molecule has 3 rings (SSSR count). The van der Waals surface area contributed by atoms with Gasteiger partial charge in [0, 0.05) is 18.1 Å². The van der Waals surface area contributed by atoms with Crippen molar-refractivity contribution in [2.75, 3.05) is 17.4 Å². The molecular weight excluding hydrogens is 552 g/mol. The minimum absolute atomic E-state index is 0.000559. The van der Waals surface area contributed by atoms with Gasteiger partial charge >= 0.3 is 0 Å². The van der Waals surface area contributed by atoms with Gasteiger partial charge in [0.1, 0.15) is 18.4 Å². The van der Waals surface area contributed by atoms with Gasteiger partial charge in [-0.15, -0.1) is 0 Å². The molecule has 0 heterocycles. The van der Waals surface area contributed by atoms with Crippen LogP contribution in [-0.4, -0.2) is 44.3 Å². The zero-order valence-electron chi connectivity index (χ0n) is 20.9. The number of hydrogen-bond donors (Lipinski definition) is 1. The number of sulfonamides is 1. The lowest BCUT2D eigenvalue weighted by Gasteiger charge is -2.32. The summed E-state index contributed by atoms with van der Waals surface area (Å²) >= 11 is 12.1. The second kappa shape index (κ2) is 13.1. The Bertz CT molecular complexity index is 1390. The fraction of sp³-hybridized carbons (Fsp3) is 0.259. The van der Waals surface area contributed by atoms with Crippen molar-refractivity contribution in [3.05, 3.63) is 94.2 Å². The van der Waals surface area contributed by atoms with Crippen LogP contribution < -0.4 is 9.62 Å². The second-order valence-electron chi connectivity index (χ2n) is 8.54. The number of amides is 2. The first-order valence-electron chi connectivity index (χ1n) is 11.9. The fourth-order valence-corrected chi connectivity index (χ4v) is 5.51. The summed E-state index contributed by atoms with van der Waals surface area (Å²) in [6, 6.07) is 16.8. The third kappa shape index (κ3) is 7.24. The highest BCUT2D eigenvalue weighted by Crippen LogP contribution is 2.28. The highest BCUT2D eigenvalue weighted by molar-refractivity contribution is 7.92. The van der Waals surface area contributed by atoms with E-state index in [1.165, 1.54) is 23.1 Å². The van der Waals surface area contributed by atoms with Crippen molar-refractivity contribution in [1.82, 2.24) is 10.2 Å². The number of halogens is 3. The van der Waals surface area contributed by atoms with Gasteiger partial charge in [-0.05, 0) is 61.4 Å². The number of carbonyl (C=O) groups is 2. The van der Waals surface area contributed by atoms with Gasteiger partial charge in [-0.1, -0.05) is 60.5 Å². The summed E-state index contributed by atoms with van der Waals surface area (Å²) in [6.07, 6.45) is 0.703. The predicted octanol–water partition coefficient (Wildman–Crippen LogP) is 5.27. The van der Waals surface area contributed by atoms with E-state index in [1.807, 2.05) is 6.92 Å². The Kier molecular flexibility index (Phi) is 10.1. The van der Waals surface area contributed by atoms with E-state index < -0.39 is 34.3 Å². The van der Waals surface area contributed by atoms with Crippen LogP contribution in [0.1, 0.15) is 25.8 Å². The lowest BCUT2D eigenvalue weighted by atomic mass is 10.1. The first-order chi connectivity index (χ1) is 18.0. The fourth-order valence-electron chi connectivity index (χ4n) is 3.70. The number of hydrogen-bond acceptors (Lipinski definition) is 4. The van der Waals surface area contributed by atoms with Crippen molar-refractivity contribution >= 4 is 50.7 Å². The summed E-state index contributed by atoms with van der Waals surface area (Å²) in [5.41, 5.74) is 0.655. The molecule has 0 spiro atoms. The minimum atomic E-state index is -4.27. The van der Waals surface area contributed by atoms with Gasteiger partial charge in [0.05, 0.1) is 15.6 Å². The highest BCUT2D eigenvalue weighted by Gasteiger charge is 2.32. The molecule has 3 aromatic carbocycles. The maximum atomic E-state index is 13.9. The second-order valence-corrected chi connectivity index (χ2v) is 11.2. The topological polar surface area (TPSA) is 86.8 Å². The zero-order chi connectivity index (χ0) is 27.9. The molecule has 38 heavy (non-hydrogen) atoms. The normalized spacial score (nSPS) is 12.0. The van der Waals surface area contributed by atoms with E-state index in [1.54, 1.807) is 49.4 Å². The standard InChI is InChI=1S/C27H28Cl2FN3O4S/c1-3-14-31-27(35)19(2)32(17-20-8-7-9-21(28)15-20)26(34)18-33(22-12-13-25(30)24(29)16-22)38(36,37)23-10-5-4-6-11-23/h4-13,15-16,19H,3,14,17-18H2,1-2H3,(H,31,35)/t19-/m0/s1. The van der Waals surface area contributed by atoms with E-state index in [0.717, 1.165) is 16.4 Å². The van der Waals surface area contributed by atoms with Crippen LogP contribution in [0.3, 0.4) is 0 Å². The van der Waals surface area contributed by atoms with Crippen LogP contribution in [0.15, 0.2) is 77.7 Å². The average Bonchev–Trinajstić information content (AvgIpc) is 2.90. The quantitative estimate of drug-likeness (QED) is 0.335. The van der Waals surface area contributed by atoms with Gasteiger partial charge in [-0.25, -0.2) is 12.8 Å². The lowest BCUT2D eigenvalue weighted by Crippen LogP contribution is -2.51. The van der Waals surface area contributed by atoms with Gasteiger partial charge in [-0.3, -0.25) is 13.9 Å². The van der Waals surface area contributed by atoms with Gasteiger partial charge in [0.2, 0.25) is 11.8 Å². The smallest absolute Gasteiger partial charge is 0.264 e. The monoisotopic (exact) mass is 579 g/mol. The summed E-state index contributed by atoms with van der Waals surface area (Å²) in [7, 11) is -4.27. The van der Waals surface area contributed by atoms with Crippen molar-refractivity contribution < 1.29 is 22.4 Å². The van der Waals surface area contributed by atoms with Crippen LogP contribution in [-0.2, 0) is 26.2 Å². The third-order valence-electron chi connectivity index (χ3n) is 5.76. The summed E-state index contributed by atoms with van der Waals surface area (Å²) in [6.45, 7) is 3.23. The van der Waals surface area contributed by atoms with Gasteiger partial charge in [0.15, 0.2) is 0 Å². The summed E-state index contributed by atoms with van der Waals surface area (Å²) in [5.74, 6) is -1.77. The van der Waals surface area contributed by atoms with Crippen molar-refractivity contribution in [2.45, 2.75) is 37.8 Å². The van der Waals surface area contributed by atoms with E-state index in [2.05, 4.69) is 5.32 Å². The summed E-state index contributed by atoms with van der Waals surface area (Å²) in [4.78, 5) is 27.8. The Hall–Kier alpha value is -3.14. The number of nitrogens with zero attached hydrogens (tertiary/aromatic N) is 2. The molecular formula is C27H28Cl2FN3O4S. The summed E-state index contributed by atoms with van der Waals surface area (Å²) < 4.78 is 42.1. The first kappa shape index (κ1) is 29.4. The SMILES string of the molecule is CCCNC(=O)[C@H](C)N(Cc1cccc(Cl)c1)C(=O)CN(c1ccc(F)c(Cl)c1)S(=O)(=O)c1ccccc1. The van der Waals surface area contributed by atoms with Gasteiger partial charge < -0.3 is 10.2 Å². The van der Waals surface area contributed by atoms with E-state index in [9.17, 15) is 22.4 Å². The number of benzene rings is 3. The molecule has 11 heteroatoms. The minimum Gasteiger partial charge on any atom is -0.354 e. The number of anilines is 1. The zero-order valence-corrected chi connectivity index (χ0v) is 23.2. The molecule has 0 aromatic heterocycles. The van der Waals surface area contributed by atoms with Gasteiger partial charge in [-0.2, -0.15) is 0 Å². The molecule has 0 aliphatic rings. The Balaban J connectivity index is 2.03. The molecule has 0 saturated carbocycles. The number of nitrogens with one attached hydrogen (secondary N) is 1. The molecule has 0 unspecified atom stereocenters. The van der Waals surface area contributed by atoms with E-state index in [0.29, 0.717) is 23.6 Å². The van der Waals surface area contributed by atoms with Crippen LogP contribution in [0.4, 0.5) is 10.1 Å². The van der Waals surface area contributed by atoms with Crippen molar-refractivity contribution in [2.24, 2.45) is 0 Å². The molecule has 2 amide bonds. The Morgan fingerprint density at radius 1 is 1.00 bits per heavy atom. The highest BCUT2D eigenvalue weighted by atomic mass is 35.5. The van der Waals surface area contributed by atoms with E-state index in [-0.39, 0.29) is 28.1 Å². The predicted molar refractivity (Wildman–Crippen MR) is 147 cm³/mol. The molecule has 0 aliphatic heterocycles. The van der Waals surface area contributed by atoms with E-state index in [4.69, 9.17) is 23.2 Å². The Labute approximate surface area is 232 Å². The maximum Gasteiger partial charge on any atom is 0.264 e. The Morgan fingerprint density at radius 2 is 1.71 bits per heavy atom. The van der Waals surface area contributed by atoms with Crippen LogP contribution in [0, 0.1) is 5.82 Å². The van der Waals surface area contributed by atoms with Crippen LogP contribution in [0.25, 0.3) is 0 Å². The largest absolute Gasteiger partial charge is 0.354 e. The van der Waals surface area contributed by atoms with Crippen LogP contribution in [0.2, 0.25) is 10.0 Å². The lowest BCUT2D eigenvalue weighted by molar-refractivity contribution is -0.139. The molecule has 0 saturated heterocycles. The van der Waals surface area contributed by atoms with Crippen molar-refractivity contribution in [1.29, 1.82) is 0 Å². The molecule has 1 N–H and O–H groups in total. The first-order valence-corrected chi connectivity index (χ1v) is 14.1.